The average molecular weight is 415 g/mol. The number of hydrogen-bond acceptors (Lipinski definition) is 6. The molecule has 9 heteroatoms. The lowest BCUT2D eigenvalue weighted by atomic mass is 9.94. The van der Waals surface area contributed by atoms with Crippen LogP contribution in [0.5, 0.6) is 6.01 Å². The van der Waals surface area contributed by atoms with Crippen molar-refractivity contribution in [1.82, 2.24) is 24.5 Å². The van der Waals surface area contributed by atoms with Gasteiger partial charge >= 0.3 is 12.1 Å². The van der Waals surface area contributed by atoms with Crippen LogP contribution < -0.4 is 10.1 Å². The topological polar surface area (TPSA) is 105 Å². The van der Waals surface area contributed by atoms with Crippen LogP contribution in [0.4, 0.5) is 10.6 Å². The van der Waals surface area contributed by atoms with E-state index < -0.39 is 6.09 Å². The molecule has 3 fully saturated rings. The third-order valence-electron chi connectivity index (χ3n) is 6.96. The first-order valence-electron chi connectivity index (χ1n) is 11.2. The number of nitrogens with zero attached hydrogens (tertiary/aromatic N) is 5. The molecule has 2 saturated carbocycles. The van der Waals surface area contributed by atoms with Gasteiger partial charge in [0, 0.05) is 25.2 Å². The largest absolute Gasteiger partial charge is 0.465 e. The molecule has 2 bridgehead atoms. The smallest absolute Gasteiger partial charge is 0.407 e. The molecule has 9 nitrogen and oxygen atoms in total. The highest BCUT2D eigenvalue weighted by molar-refractivity contribution is 5.66. The minimum Gasteiger partial charge on any atom is -0.465 e. The zero-order chi connectivity index (χ0) is 20.8. The molecule has 5 rings (SSSR count). The first-order chi connectivity index (χ1) is 14.5. The van der Waals surface area contributed by atoms with Gasteiger partial charge in [-0.2, -0.15) is 9.50 Å². The van der Waals surface area contributed by atoms with E-state index >= 15 is 0 Å². The zero-order valence-corrected chi connectivity index (χ0v) is 17.6. The van der Waals surface area contributed by atoms with Gasteiger partial charge in [0.15, 0.2) is 0 Å². The van der Waals surface area contributed by atoms with Crippen LogP contribution in [0.1, 0.15) is 64.0 Å². The summed E-state index contributed by atoms with van der Waals surface area (Å²) in [4.78, 5) is 22.1. The lowest BCUT2D eigenvalue weighted by Gasteiger charge is -2.29. The van der Waals surface area contributed by atoms with E-state index in [1.54, 1.807) is 9.42 Å². The van der Waals surface area contributed by atoms with E-state index in [9.17, 15) is 9.90 Å². The fourth-order valence-corrected chi connectivity index (χ4v) is 5.28. The second-order valence-electron chi connectivity index (χ2n) is 9.31. The SMILES string of the molecule is CC(C)c1cc(NCC2CC3CC2CN3C(=O)O)n2nc(OC3CCCC3)nc2n1. The number of carbonyl (C=O) groups is 1. The Morgan fingerprint density at radius 1 is 1.30 bits per heavy atom. The van der Waals surface area contributed by atoms with Gasteiger partial charge in [-0.05, 0) is 56.3 Å². The fourth-order valence-electron chi connectivity index (χ4n) is 5.28. The quantitative estimate of drug-likeness (QED) is 0.747. The second-order valence-corrected chi connectivity index (χ2v) is 9.31. The first-order valence-corrected chi connectivity index (χ1v) is 11.2. The first kappa shape index (κ1) is 19.4. The number of rotatable bonds is 6. The number of ether oxygens (including phenoxy) is 1. The number of carboxylic acid groups (broad SMARTS) is 1. The van der Waals surface area contributed by atoms with Gasteiger partial charge in [0.25, 0.3) is 5.78 Å². The molecule has 3 atom stereocenters. The van der Waals surface area contributed by atoms with Crippen molar-refractivity contribution in [1.29, 1.82) is 0 Å². The predicted molar refractivity (Wildman–Crippen MR) is 111 cm³/mol. The van der Waals surface area contributed by atoms with E-state index in [-0.39, 0.29) is 18.1 Å². The Bertz CT molecular complexity index is 938. The molecule has 3 unspecified atom stereocenters. The molecule has 2 aliphatic carbocycles. The maximum atomic E-state index is 11.3. The molecule has 3 aliphatic rings. The van der Waals surface area contributed by atoms with Crippen molar-refractivity contribution in [2.45, 2.75) is 70.4 Å². The van der Waals surface area contributed by atoms with Crippen molar-refractivity contribution in [3.8, 4) is 6.01 Å². The number of nitrogens with one attached hydrogen (secondary N) is 1. The van der Waals surface area contributed by atoms with Crippen molar-refractivity contribution in [2.75, 3.05) is 18.4 Å². The lowest BCUT2D eigenvalue weighted by molar-refractivity contribution is 0.121. The van der Waals surface area contributed by atoms with Gasteiger partial charge < -0.3 is 20.1 Å². The molecule has 0 aromatic carbocycles. The number of amides is 1. The number of anilines is 1. The van der Waals surface area contributed by atoms with Gasteiger partial charge in [-0.3, -0.25) is 0 Å². The van der Waals surface area contributed by atoms with Crippen LogP contribution in [0.2, 0.25) is 0 Å². The zero-order valence-electron chi connectivity index (χ0n) is 17.6. The lowest BCUT2D eigenvalue weighted by Crippen LogP contribution is -2.40. The van der Waals surface area contributed by atoms with Gasteiger partial charge in [-0.15, -0.1) is 5.10 Å². The number of aromatic nitrogens is 4. The minimum atomic E-state index is -0.788. The monoisotopic (exact) mass is 414 g/mol. The van der Waals surface area contributed by atoms with Crippen molar-refractivity contribution < 1.29 is 14.6 Å². The average Bonchev–Trinajstić information content (AvgIpc) is 3.49. The molecule has 1 saturated heterocycles. The molecule has 30 heavy (non-hydrogen) atoms. The number of piperidine rings is 1. The molecule has 2 aromatic heterocycles. The molecular weight excluding hydrogens is 384 g/mol. The molecule has 2 N–H and O–H groups in total. The van der Waals surface area contributed by atoms with Gasteiger partial charge in [0.05, 0.1) is 5.69 Å². The van der Waals surface area contributed by atoms with Crippen LogP contribution in [-0.4, -0.2) is 60.9 Å². The van der Waals surface area contributed by atoms with Crippen molar-refractivity contribution in [2.24, 2.45) is 11.8 Å². The van der Waals surface area contributed by atoms with E-state index in [0.29, 0.717) is 30.2 Å². The summed E-state index contributed by atoms with van der Waals surface area (Å²) in [5.74, 6) is 2.60. The number of likely N-dealkylation sites (tertiary alicyclic amines) is 1. The Morgan fingerprint density at radius 2 is 2.10 bits per heavy atom. The van der Waals surface area contributed by atoms with E-state index in [4.69, 9.17) is 4.74 Å². The minimum absolute atomic E-state index is 0.167. The number of fused-ring (bicyclic) bond motifs is 3. The van der Waals surface area contributed by atoms with Crippen LogP contribution >= 0.6 is 0 Å². The summed E-state index contributed by atoms with van der Waals surface area (Å²) < 4.78 is 7.74. The van der Waals surface area contributed by atoms with Crippen molar-refractivity contribution in [3.05, 3.63) is 11.8 Å². The van der Waals surface area contributed by atoms with Crippen LogP contribution in [0.15, 0.2) is 6.07 Å². The maximum absolute atomic E-state index is 11.3. The Balaban J connectivity index is 1.33. The number of hydrogen-bond donors (Lipinski definition) is 2. The van der Waals surface area contributed by atoms with Crippen LogP contribution in [0.3, 0.4) is 0 Å². The predicted octanol–water partition coefficient (Wildman–Crippen LogP) is 3.37. The maximum Gasteiger partial charge on any atom is 0.407 e. The summed E-state index contributed by atoms with van der Waals surface area (Å²) >= 11 is 0. The molecule has 162 valence electrons. The summed E-state index contributed by atoms with van der Waals surface area (Å²) in [6.07, 6.45) is 5.82. The molecule has 1 amide bonds. The molecular formula is C21H30N6O3. The highest BCUT2D eigenvalue weighted by Gasteiger charge is 2.46. The third kappa shape index (κ3) is 3.54. The van der Waals surface area contributed by atoms with Crippen LogP contribution in [0, 0.1) is 11.8 Å². The summed E-state index contributed by atoms with van der Waals surface area (Å²) in [6.45, 7) is 5.68. The summed E-state index contributed by atoms with van der Waals surface area (Å²) in [7, 11) is 0. The van der Waals surface area contributed by atoms with E-state index in [0.717, 1.165) is 43.7 Å². The Hall–Kier alpha value is -2.58. The Labute approximate surface area is 175 Å². The summed E-state index contributed by atoms with van der Waals surface area (Å²) in [6, 6.07) is 2.61. The normalized spacial score (nSPS) is 26.2. The molecule has 3 heterocycles. The fraction of sp³-hybridized carbons (Fsp3) is 0.714. The highest BCUT2D eigenvalue weighted by Crippen LogP contribution is 2.42. The standard InChI is InChI=1S/C21H30N6O3/c1-12(2)17-9-18(22-10-13-7-15-8-14(13)11-26(15)21(28)29)27-19(23-17)24-20(25-27)30-16-5-3-4-6-16/h9,12-16,22H,3-8,10-11H2,1-2H3,(H,28,29). The summed E-state index contributed by atoms with van der Waals surface area (Å²) in [5.41, 5.74) is 0.967. The molecule has 0 radical (unpaired) electrons. The van der Waals surface area contributed by atoms with Gasteiger partial charge in [0.2, 0.25) is 0 Å². The Morgan fingerprint density at radius 3 is 2.77 bits per heavy atom. The second kappa shape index (κ2) is 7.59. The van der Waals surface area contributed by atoms with Crippen molar-refractivity contribution >= 4 is 17.7 Å². The molecule has 0 spiro atoms. The molecule has 1 aliphatic heterocycles. The van der Waals surface area contributed by atoms with E-state index in [1.807, 2.05) is 6.07 Å². The van der Waals surface area contributed by atoms with Gasteiger partial charge in [-0.25, -0.2) is 9.78 Å². The van der Waals surface area contributed by atoms with E-state index in [2.05, 4.69) is 34.2 Å². The van der Waals surface area contributed by atoms with Crippen molar-refractivity contribution in [3.63, 3.8) is 0 Å². The van der Waals surface area contributed by atoms with E-state index in [1.165, 1.54) is 12.8 Å². The molecule has 2 aromatic rings. The Kier molecular flexibility index (Phi) is 4.91. The van der Waals surface area contributed by atoms with Gasteiger partial charge in [-0.1, -0.05) is 13.8 Å². The van der Waals surface area contributed by atoms with Gasteiger partial charge in [0.1, 0.15) is 11.9 Å². The van der Waals surface area contributed by atoms with Crippen LogP contribution in [-0.2, 0) is 0 Å². The highest BCUT2D eigenvalue weighted by atomic mass is 16.5. The third-order valence-corrected chi connectivity index (χ3v) is 6.96. The van der Waals surface area contributed by atoms with Crippen LogP contribution in [0.25, 0.3) is 5.78 Å². The summed E-state index contributed by atoms with van der Waals surface area (Å²) in [5, 5.41) is 17.4.